The lowest BCUT2D eigenvalue weighted by atomic mass is 9.88. The number of aromatic hydroxyl groups is 1. The third-order valence-electron chi connectivity index (χ3n) is 6.16. The first kappa shape index (κ1) is 24.4. The number of nitrogens with one attached hydrogen (secondary N) is 1. The number of amides is 1. The average Bonchev–Trinajstić information content (AvgIpc) is 3.03. The largest absolute Gasteiger partial charge is 0.573 e. The Bertz CT molecular complexity index is 1260. The molecule has 1 fully saturated rings. The number of alkyl halides is 3. The van der Waals surface area contributed by atoms with Crippen LogP contribution in [0.3, 0.4) is 0 Å². The first-order valence-corrected chi connectivity index (χ1v) is 11.2. The number of hydrogen-bond acceptors (Lipinski definition) is 5. The molecule has 2 aromatic heterocycles. The van der Waals surface area contributed by atoms with Crippen molar-refractivity contribution in [2.75, 3.05) is 5.32 Å². The zero-order valence-electron chi connectivity index (χ0n) is 19.0. The van der Waals surface area contributed by atoms with Crippen molar-refractivity contribution in [3.05, 3.63) is 64.5 Å². The predicted octanol–water partition coefficient (Wildman–Crippen LogP) is 4.51. The Balaban J connectivity index is 1.59. The molecule has 1 aromatic carbocycles. The summed E-state index contributed by atoms with van der Waals surface area (Å²) in [6, 6.07) is 6.29. The summed E-state index contributed by atoms with van der Waals surface area (Å²) in [4.78, 5) is 30.0. The van der Waals surface area contributed by atoms with Gasteiger partial charge in [0.25, 0.3) is 0 Å². The van der Waals surface area contributed by atoms with Gasteiger partial charge in [-0.1, -0.05) is 19.3 Å². The zero-order chi connectivity index (χ0) is 25.2. The molecule has 0 unspecified atom stereocenters. The van der Waals surface area contributed by atoms with E-state index in [1.807, 2.05) is 0 Å². The Morgan fingerprint density at radius 3 is 2.51 bits per heavy atom. The Morgan fingerprint density at radius 2 is 1.86 bits per heavy atom. The first-order chi connectivity index (χ1) is 16.6. The third kappa shape index (κ3) is 5.50. The summed E-state index contributed by atoms with van der Waals surface area (Å²) in [5.41, 5.74) is 0.943. The fraction of sp³-hybridized carbons (Fsp3) is 0.375. The maximum Gasteiger partial charge on any atom is 0.573 e. The molecule has 1 saturated carbocycles. The summed E-state index contributed by atoms with van der Waals surface area (Å²) < 4.78 is 43.4. The van der Waals surface area contributed by atoms with Crippen molar-refractivity contribution >= 4 is 11.6 Å². The van der Waals surface area contributed by atoms with E-state index in [9.17, 15) is 27.9 Å². The Labute approximate surface area is 199 Å². The SMILES string of the molecule is Cc1c(O)n(-c2ccc(OC(F)(F)F)cc2)c(=O)n1Cc1ccncc1NC(=O)C1CCCCC1. The van der Waals surface area contributed by atoms with Crippen LogP contribution in [0.25, 0.3) is 5.69 Å². The predicted molar refractivity (Wildman–Crippen MR) is 122 cm³/mol. The van der Waals surface area contributed by atoms with Gasteiger partial charge >= 0.3 is 12.1 Å². The summed E-state index contributed by atoms with van der Waals surface area (Å²) in [5, 5.41) is 13.5. The van der Waals surface area contributed by atoms with Crippen LogP contribution in [0.5, 0.6) is 11.6 Å². The molecule has 8 nitrogen and oxygen atoms in total. The lowest BCUT2D eigenvalue weighted by Gasteiger charge is -2.21. The van der Waals surface area contributed by atoms with Crippen LogP contribution in [-0.4, -0.2) is 31.5 Å². The van der Waals surface area contributed by atoms with Crippen LogP contribution in [0.2, 0.25) is 0 Å². The normalized spacial score (nSPS) is 14.6. The van der Waals surface area contributed by atoms with Crippen LogP contribution in [0.4, 0.5) is 18.9 Å². The van der Waals surface area contributed by atoms with Gasteiger partial charge in [-0.05, 0) is 55.7 Å². The highest BCUT2D eigenvalue weighted by molar-refractivity contribution is 5.93. The highest BCUT2D eigenvalue weighted by Gasteiger charge is 2.31. The van der Waals surface area contributed by atoms with Gasteiger partial charge in [-0.25, -0.2) is 9.36 Å². The number of rotatable bonds is 6. The maximum absolute atomic E-state index is 13.2. The minimum atomic E-state index is -4.84. The third-order valence-corrected chi connectivity index (χ3v) is 6.16. The van der Waals surface area contributed by atoms with Crippen molar-refractivity contribution in [2.45, 2.75) is 51.9 Å². The molecule has 1 aliphatic carbocycles. The van der Waals surface area contributed by atoms with E-state index >= 15 is 0 Å². The van der Waals surface area contributed by atoms with Gasteiger partial charge < -0.3 is 15.2 Å². The van der Waals surface area contributed by atoms with Gasteiger partial charge in [-0.15, -0.1) is 13.2 Å². The molecule has 1 aliphatic rings. The summed E-state index contributed by atoms with van der Waals surface area (Å²) in [6.45, 7) is 1.60. The minimum absolute atomic E-state index is 0.0449. The lowest BCUT2D eigenvalue weighted by Crippen LogP contribution is -2.27. The van der Waals surface area contributed by atoms with E-state index < -0.39 is 17.8 Å². The number of ether oxygens (including phenoxy) is 1. The van der Waals surface area contributed by atoms with Crippen molar-refractivity contribution in [1.29, 1.82) is 0 Å². The Hall–Kier alpha value is -3.76. The number of nitrogens with zero attached hydrogens (tertiary/aromatic N) is 3. The molecular formula is C24H25F3N4O4. The number of imidazole rings is 1. The molecule has 2 N–H and O–H groups in total. The molecule has 1 amide bonds. The molecule has 3 aromatic rings. The van der Waals surface area contributed by atoms with Gasteiger partial charge in [0, 0.05) is 12.1 Å². The first-order valence-electron chi connectivity index (χ1n) is 11.2. The van der Waals surface area contributed by atoms with Crippen LogP contribution >= 0.6 is 0 Å². The van der Waals surface area contributed by atoms with Crippen molar-refractivity contribution in [3.8, 4) is 17.3 Å². The second kappa shape index (κ2) is 9.85. The highest BCUT2D eigenvalue weighted by Crippen LogP contribution is 2.28. The molecule has 0 aliphatic heterocycles. The van der Waals surface area contributed by atoms with Crippen LogP contribution in [0.15, 0.2) is 47.5 Å². The van der Waals surface area contributed by atoms with E-state index in [0.29, 0.717) is 11.3 Å². The second-order valence-corrected chi connectivity index (χ2v) is 8.51. The Kier molecular flexibility index (Phi) is 6.86. The number of benzene rings is 1. The van der Waals surface area contributed by atoms with Crippen LogP contribution in [-0.2, 0) is 11.3 Å². The number of carbonyl (C=O) groups excluding carboxylic acids is 1. The number of hydrogen-bond donors (Lipinski definition) is 2. The molecule has 0 bridgehead atoms. The van der Waals surface area contributed by atoms with Crippen molar-refractivity contribution in [2.24, 2.45) is 5.92 Å². The number of halogens is 3. The molecule has 0 spiro atoms. The van der Waals surface area contributed by atoms with E-state index in [-0.39, 0.29) is 35.6 Å². The van der Waals surface area contributed by atoms with E-state index in [0.717, 1.165) is 48.8 Å². The van der Waals surface area contributed by atoms with E-state index in [1.54, 1.807) is 19.2 Å². The fourth-order valence-corrected chi connectivity index (χ4v) is 4.30. The van der Waals surface area contributed by atoms with Gasteiger partial charge in [-0.3, -0.25) is 14.3 Å². The quantitative estimate of drug-likeness (QED) is 0.530. The molecule has 0 atom stereocenters. The van der Waals surface area contributed by atoms with Crippen LogP contribution < -0.4 is 15.7 Å². The van der Waals surface area contributed by atoms with E-state index in [4.69, 9.17) is 0 Å². The number of pyridine rings is 1. The summed E-state index contributed by atoms with van der Waals surface area (Å²) in [5.74, 6) is -0.929. The van der Waals surface area contributed by atoms with E-state index in [1.165, 1.54) is 22.9 Å². The van der Waals surface area contributed by atoms with Gasteiger partial charge in [0.2, 0.25) is 11.8 Å². The average molecular weight is 490 g/mol. The minimum Gasteiger partial charge on any atom is -0.493 e. The van der Waals surface area contributed by atoms with E-state index in [2.05, 4.69) is 15.0 Å². The zero-order valence-corrected chi connectivity index (χ0v) is 19.0. The van der Waals surface area contributed by atoms with Gasteiger partial charge in [0.15, 0.2) is 0 Å². The van der Waals surface area contributed by atoms with Crippen molar-refractivity contribution in [1.82, 2.24) is 14.1 Å². The van der Waals surface area contributed by atoms with Crippen molar-refractivity contribution in [3.63, 3.8) is 0 Å². The number of aromatic nitrogens is 3. The number of anilines is 1. The van der Waals surface area contributed by atoms with Crippen LogP contribution in [0, 0.1) is 12.8 Å². The lowest BCUT2D eigenvalue weighted by molar-refractivity contribution is -0.274. The molecule has 4 rings (SSSR count). The molecule has 11 heteroatoms. The monoisotopic (exact) mass is 490 g/mol. The van der Waals surface area contributed by atoms with Gasteiger partial charge in [0.05, 0.1) is 29.8 Å². The molecule has 0 radical (unpaired) electrons. The molecule has 2 heterocycles. The topological polar surface area (TPSA) is 98.4 Å². The fourth-order valence-electron chi connectivity index (χ4n) is 4.30. The van der Waals surface area contributed by atoms with Crippen molar-refractivity contribution < 1.29 is 27.8 Å². The summed E-state index contributed by atoms with van der Waals surface area (Å²) in [7, 11) is 0. The molecule has 186 valence electrons. The van der Waals surface area contributed by atoms with Crippen LogP contribution in [0.1, 0.15) is 43.4 Å². The highest BCUT2D eigenvalue weighted by atomic mass is 19.4. The standard InChI is InChI=1S/C24H25F3N4O4/c1-15-22(33)31(18-7-9-19(10-8-18)35-24(25,26)27)23(34)30(15)14-17-11-12-28-13-20(17)29-21(32)16-5-3-2-4-6-16/h7-13,16,33H,2-6,14H2,1H3,(H,29,32). The second-order valence-electron chi connectivity index (χ2n) is 8.51. The molecule has 35 heavy (non-hydrogen) atoms. The number of carbonyl (C=O) groups is 1. The van der Waals surface area contributed by atoms with Gasteiger partial charge in [0.1, 0.15) is 5.75 Å². The summed E-state index contributed by atoms with van der Waals surface area (Å²) >= 11 is 0. The maximum atomic E-state index is 13.2. The molecule has 0 saturated heterocycles. The Morgan fingerprint density at radius 1 is 1.17 bits per heavy atom. The summed E-state index contributed by atoms with van der Waals surface area (Å²) in [6.07, 6.45) is 3.06. The van der Waals surface area contributed by atoms with Gasteiger partial charge in [-0.2, -0.15) is 0 Å². The smallest absolute Gasteiger partial charge is 0.493 e. The molecular weight excluding hydrogens is 465 g/mol.